The maximum atomic E-state index is 11.0. The number of rotatable bonds is 3. The molecule has 4 heteroatoms. The predicted octanol–water partition coefficient (Wildman–Crippen LogP) is 1.69. The van der Waals surface area contributed by atoms with Gasteiger partial charge in [-0.3, -0.25) is 4.79 Å². The van der Waals surface area contributed by atoms with Crippen molar-refractivity contribution in [3.05, 3.63) is 35.9 Å². The number of hydrogen-bond acceptors (Lipinski definition) is 3. The van der Waals surface area contributed by atoms with Crippen LogP contribution in [0.15, 0.2) is 30.3 Å². The van der Waals surface area contributed by atoms with E-state index in [1.54, 1.807) is 6.92 Å². The van der Waals surface area contributed by atoms with Gasteiger partial charge in [-0.2, -0.15) is 0 Å². The highest BCUT2D eigenvalue weighted by Gasteiger charge is 2.39. The molecule has 0 radical (unpaired) electrons. The fourth-order valence-electron chi connectivity index (χ4n) is 1.69. The molecule has 0 spiro atoms. The molecule has 2 rings (SSSR count). The summed E-state index contributed by atoms with van der Waals surface area (Å²) in [6, 6.07) is 9.86. The van der Waals surface area contributed by atoms with Gasteiger partial charge in [-0.05, 0) is 12.5 Å². The van der Waals surface area contributed by atoms with Crippen molar-refractivity contribution in [2.75, 3.05) is 13.2 Å². The van der Waals surface area contributed by atoms with Gasteiger partial charge in [0.05, 0.1) is 13.2 Å². The van der Waals surface area contributed by atoms with Crippen LogP contribution in [0, 0.1) is 5.41 Å². The molecule has 1 aliphatic rings. The molecular weight excluding hydrogens is 220 g/mol. The van der Waals surface area contributed by atoms with Gasteiger partial charge < -0.3 is 14.6 Å². The minimum absolute atomic E-state index is 0.194. The number of benzene rings is 1. The maximum absolute atomic E-state index is 11.0. The first-order valence-electron chi connectivity index (χ1n) is 5.61. The van der Waals surface area contributed by atoms with Gasteiger partial charge in [0.1, 0.15) is 5.41 Å². The molecule has 0 saturated carbocycles. The highest BCUT2D eigenvalue weighted by atomic mass is 16.7. The van der Waals surface area contributed by atoms with E-state index in [1.165, 1.54) is 0 Å². The molecule has 92 valence electrons. The molecule has 1 aromatic carbocycles. The Morgan fingerprint density at radius 1 is 1.35 bits per heavy atom. The second-order valence-corrected chi connectivity index (χ2v) is 4.61. The molecule has 4 nitrogen and oxygen atoms in total. The lowest BCUT2D eigenvalue weighted by Crippen LogP contribution is -2.45. The molecule has 1 heterocycles. The lowest BCUT2D eigenvalue weighted by molar-refractivity contribution is -0.229. The Balaban J connectivity index is 1.90. The third-order valence-corrected chi connectivity index (χ3v) is 2.94. The summed E-state index contributed by atoms with van der Waals surface area (Å²) in [6.07, 6.45) is 0.307. The van der Waals surface area contributed by atoms with E-state index < -0.39 is 11.4 Å². The maximum Gasteiger partial charge on any atom is 0.314 e. The van der Waals surface area contributed by atoms with Gasteiger partial charge >= 0.3 is 5.97 Å². The predicted molar refractivity (Wildman–Crippen MR) is 61.6 cm³/mol. The molecule has 1 aliphatic heterocycles. The molecule has 0 aromatic heterocycles. The van der Waals surface area contributed by atoms with Crippen LogP contribution in [0.5, 0.6) is 0 Å². The van der Waals surface area contributed by atoms with Crippen LogP contribution in [-0.2, 0) is 20.7 Å². The van der Waals surface area contributed by atoms with Gasteiger partial charge in [0, 0.05) is 6.42 Å². The minimum Gasteiger partial charge on any atom is -0.481 e. The van der Waals surface area contributed by atoms with Gasteiger partial charge in [0.2, 0.25) is 0 Å². The van der Waals surface area contributed by atoms with Crippen LogP contribution < -0.4 is 0 Å². The molecule has 1 saturated heterocycles. The third-order valence-electron chi connectivity index (χ3n) is 2.94. The lowest BCUT2D eigenvalue weighted by Gasteiger charge is -2.34. The zero-order chi connectivity index (χ0) is 12.3. The zero-order valence-electron chi connectivity index (χ0n) is 9.76. The summed E-state index contributed by atoms with van der Waals surface area (Å²) in [5.41, 5.74) is 0.198. The molecule has 1 fully saturated rings. The van der Waals surface area contributed by atoms with E-state index in [0.717, 1.165) is 5.56 Å². The number of carboxylic acids is 1. The van der Waals surface area contributed by atoms with Crippen LogP contribution in [-0.4, -0.2) is 30.6 Å². The first-order chi connectivity index (χ1) is 8.10. The SMILES string of the molecule is CC1(C(=O)O)COC(Cc2ccccc2)OC1. The Morgan fingerprint density at radius 2 is 1.94 bits per heavy atom. The second-order valence-electron chi connectivity index (χ2n) is 4.61. The summed E-state index contributed by atoms with van der Waals surface area (Å²) < 4.78 is 10.9. The number of carboxylic acid groups (broad SMARTS) is 1. The van der Waals surface area contributed by atoms with Crippen molar-refractivity contribution in [3.8, 4) is 0 Å². The minimum atomic E-state index is -0.923. The normalized spacial score (nSPS) is 28.9. The van der Waals surface area contributed by atoms with E-state index in [1.807, 2.05) is 30.3 Å². The first-order valence-corrected chi connectivity index (χ1v) is 5.61. The molecule has 1 aromatic rings. The number of ether oxygens (including phenoxy) is 2. The van der Waals surface area contributed by atoms with Crippen LogP contribution in [0.4, 0.5) is 0 Å². The molecule has 0 atom stereocenters. The summed E-state index contributed by atoms with van der Waals surface area (Å²) in [5, 5.41) is 9.01. The van der Waals surface area contributed by atoms with Gasteiger partial charge in [-0.25, -0.2) is 0 Å². The van der Waals surface area contributed by atoms with Crippen LogP contribution in [0.3, 0.4) is 0 Å². The molecule has 0 amide bonds. The van der Waals surface area contributed by atoms with Crippen molar-refractivity contribution in [3.63, 3.8) is 0 Å². The van der Waals surface area contributed by atoms with E-state index in [0.29, 0.717) is 6.42 Å². The summed E-state index contributed by atoms with van der Waals surface area (Å²) in [5.74, 6) is -0.879. The summed E-state index contributed by atoms with van der Waals surface area (Å²) in [4.78, 5) is 11.0. The summed E-state index contributed by atoms with van der Waals surface area (Å²) in [6.45, 7) is 2.02. The fourth-order valence-corrected chi connectivity index (χ4v) is 1.69. The number of hydrogen-bond donors (Lipinski definition) is 1. The number of aliphatic carboxylic acids is 1. The summed E-state index contributed by atoms with van der Waals surface area (Å²) in [7, 11) is 0. The van der Waals surface area contributed by atoms with Crippen molar-refractivity contribution in [1.82, 2.24) is 0 Å². The van der Waals surface area contributed by atoms with Crippen LogP contribution in [0.2, 0.25) is 0 Å². The van der Waals surface area contributed by atoms with Gasteiger partial charge in [0.25, 0.3) is 0 Å². The highest BCUT2D eigenvalue weighted by Crippen LogP contribution is 2.25. The zero-order valence-corrected chi connectivity index (χ0v) is 9.76. The average molecular weight is 236 g/mol. The van der Waals surface area contributed by atoms with E-state index in [2.05, 4.69) is 0 Å². The topological polar surface area (TPSA) is 55.8 Å². The molecule has 1 N–H and O–H groups in total. The first kappa shape index (κ1) is 12.1. The average Bonchev–Trinajstić information content (AvgIpc) is 2.33. The van der Waals surface area contributed by atoms with Gasteiger partial charge in [0.15, 0.2) is 6.29 Å². The molecule has 0 bridgehead atoms. The van der Waals surface area contributed by atoms with Crippen molar-refractivity contribution < 1.29 is 19.4 Å². The molecular formula is C13H16O4. The van der Waals surface area contributed by atoms with Crippen molar-refractivity contribution in [2.45, 2.75) is 19.6 Å². The molecule has 0 aliphatic carbocycles. The Bertz CT molecular complexity index is 380. The Labute approximate surface area is 100 Å². The number of carbonyl (C=O) groups is 1. The fraction of sp³-hybridized carbons (Fsp3) is 0.462. The Morgan fingerprint density at radius 3 is 2.47 bits per heavy atom. The van der Waals surface area contributed by atoms with Crippen molar-refractivity contribution in [2.24, 2.45) is 5.41 Å². The van der Waals surface area contributed by atoms with Crippen LogP contribution >= 0.6 is 0 Å². The molecule has 0 unspecified atom stereocenters. The monoisotopic (exact) mass is 236 g/mol. The van der Waals surface area contributed by atoms with Crippen LogP contribution in [0.25, 0.3) is 0 Å². The van der Waals surface area contributed by atoms with Gasteiger partial charge in [-0.15, -0.1) is 0 Å². The molecule has 17 heavy (non-hydrogen) atoms. The van der Waals surface area contributed by atoms with E-state index >= 15 is 0 Å². The Kier molecular flexibility index (Phi) is 3.45. The quantitative estimate of drug-likeness (QED) is 0.867. The smallest absolute Gasteiger partial charge is 0.314 e. The lowest BCUT2D eigenvalue weighted by atomic mass is 9.92. The van der Waals surface area contributed by atoms with Crippen LogP contribution in [0.1, 0.15) is 12.5 Å². The van der Waals surface area contributed by atoms with Crippen molar-refractivity contribution in [1.29, 1.82) is 0 Å². The van der Waals surface area contributed by atoms with E-state index in [4.69, 9.17) is 14.6 Å². The van der Waals surface area contributed by atoms with E-state index in [-0.39, 0.29) is 19.5 Å². The highest BCUT2D eigenvalue weighted by molar-refractivity contribution is 5.74. The van der Waals surface area contributed by atoms with Gasteiger partial charge in [-0.1, -0.05) is 30.3 Å². The standard InChI is InChI=1S/C13H16O4/c1-13(12(14)15)8-16-11(17-9-13)7-10-5-3-2-4-6-10/h2-6,11H,7-9H2,1H3,(H,14,15). The van der Waals surface area contributed by atoms with Crippen molar-refractivity contribution >= 4 is 5.97 Å². The second kappa shape index (κ2) is 4.85. The Hall–Kier alpha value is -1.39. The third kappa shape index (κ3) is 2.84. The largest absolute Gasteiger partial charge is 0.481 e. The van der Waals surface area contributed by atoms with E-state index in [9.17, 15) is 4.79 Å². The summed E-state index contributed by atoms with van der Waals surface area (Å²) >= 11 is 0.